The molecule has 0 aliphatic heterocycles. The number of hydrogen-bond acceptors (Lipinski definition) is 8. The number of fused-ring (bicyclic) bond motifs is 1. The van der Waals surface area contributed by atoms with E-state index in [9.17, 15) is 14.9 Å². The van der Waals surface area contributed by atoms with Crippen LogP contribution in [0.4, 0.5) is 10.8 Å². The maximum absolute atomic E-state index is 12.7. The number of nitro groups is 1. The van der Waals surface area contributed by atoms with Crippen LogP contribution in [0.1, 0.15) is 10.4 Å². The largest absolute Gasteiger partial charge is 0.493 e. The highest BCUT2D eigenvalue weighted by Crippen LogP contribution is 2.35. The van der Waals surface area contributed by atoms with E-state index in [0.29, 0.717) is 5.13 Å². The summed E-state index contributed by atoms with van der Waals surface area (Å²) in [4.78, 5) is 28.8. The number of nitrogens with zero attached hydrogens (tertiary/aromatic N) is 2. The van der Waals surface area contributed by atoms with Crippen molar-refractivity contribution in [3.05, 3.63) is 46.0 Å². The zero-order valence-electron chi connectivity index (χ0n) is 14.6. The van der Waals surface area contributed by atoms with Crippen LogP contribution in [-0.4, -0.2) is 36.3 Å². The van der Waals surface area contributed by atoms with Gasteiger partial charge in [0, 0.05) is 11.0 Å². The molecule has 0 atom stereocenters. The number of aromatic nitrogens is 1. The fourth-order valence-electron chi connectivity index (χ4n) is 2.45. The second-order valence-electron chi connectivity index (χ2n) is 5.29. The van der Waals surface area contributed by atoms with E-state index in [1.165, 1.54) is 31.6 Å². The van der Waals surface area contributed by atoms with Crippen molar-refractivity contribution in [2.75, 3.05) is 25.8 Å². The molecule has 3 rings (SSSR count). The number of carbonyl (C=O) groups excluding carboxylic acids is 1. The van der Waals surface area contributed by atoms with Crippen molar-refractivity contribution in [1.82, 2.24) is 4.98 Å². The lowest BCUT2D eigenvalue weighted by molar-refractivity contribution is -0.385. The molecule has 1 amide bonds. The van der Waals surface area contributed by atoms with Crippen LogP contribution in [0, 0.1) is 10.1 Å². The Morgan fingerprint density at radius 2 is 1.93 bits per heavy atom. The quantitative estimate of drug-likeness (QED) is 0.372. The third kappa shape index (κ3) is 3.81. The van der Waals surface area contributed by atoms with Crippen LogP contribution in [0.25, 0.3) is 10.2 Å². The van der Waals surface area contributed by atoms with Gasteiger partial charge in [-0.3, -0.25) is 20.2 Å². The van der Waals surface area contributed by atoms with Crippen LogP contribution in [0.3, 0.4) is 0 Å². The van der Waals surface area contributed by atoms with Gasteiger partial charge in [-0.15, -0.1) is 11.8 Å². The number of anilines is 1. The minimum atomic E-state index is -0.646. The topological polar surface area (TPSA) is 104 Å². The SMILES string of the molecule is COc1cc(C(=O)Nc2nc3ccc(SC)cc3s2)c([N+](=O)[O-])cc1OC. The minimum Gasteiger partial charge on any atom is -0.493 e. The third-order valence-electron chi connectivity index (χ3n) is 3.76. The Morgan fingerprint density at radius 3 is 2.56 bits per heavy atom. The molecule has 1 aromatic heterocycles. The van der Waals surface area contributed by atoms with E-state index in [1.807, 2.05) is 24.5 Å². The molecule has 8 nitrogen and oxygen atoms in total. The summed E-state index contributed by atoms with van der Waals surface area (Å²) in [5, 5.41) is 14.4. The molecule has 27 heavy (non-hydrogen) atoms. The Labute approximate surface area is 162 Å². The summed E-state index contributed by atoms with van der Waals surface area (Å²) in [5.41, 5.74) is 0.229. The zero-order valence-corrected chi connectivity index (χ0v) is 16.3. The Hall–Kier alpha value is -2.85. The first kappa shape index (κ1) is 18.9. The molecule has 140 valence electrons. The Bertz CT molecular complexity index is 1030. The second kappa shape index (κ2) is 7.80. The van der Waals surface area contributed by atoms with Gasteiger partial charge in [0.25, 0.3) is 11.6 Å². The highest BCUT2D eigenvalue weighted by Gasteiger charge is 2.25. The molecule has 3 aromatic rings. The molecule has 1 heterocycles. The van der Waals surface area contributed by atoms with E-state index in [4.69, 9.17) is 9.47 Å². The average Bonchev–Trinajstić information content (AvgIpc) is 3.07. The molecular weight excluding hydrogens is 390 g/mol. The summed E-state index contributed by atoms with van der Waals surface area (Å²) >= 11 is 2.91. The molecule has 2 aromatic carbocycles. The summed E-state index contributed by atoms with van der Waals surface area (Å²) in [5.74, 6) is -0.251. The first-order valence-corrected chi connectivity index (χ1v) is 9.67. The summed E-state index contributed by atoms with van der Waals surface area (Å²) in [6.07, 6.45) is 1.97. The van der Waals surface area contributed by atoms with Gasteiger partial charge in [-0.25, -0.2) is 4.98 Å². The Kier molecular flexibility index (Phi) is 5.47. The number of ether oxygens (including phenoxy) is 2. The number of carbonyl (C=O) groups is 1. The zero-order chi connectivity index (χ0) is 19.6. The van der Waals surface area contributed by atoms with Gasteiger partial charge >= 0.3 is 0 Å². The normalized spacial score (nSPS) is 10.6. The smallest absolute Gasteiger partial charge is 0.286 e. The van der Waals surface area contributed by atoms with Gasteiger partial charge in [0.2, 0.25) is 0 Å². The molecule has 0 radical (unpaired) electrons. The van der Waals surface area contributed by atoms with E-state index in [2.05, 4.69) is 10.3 Å². The maximum Gasteiger partial charge on any atom is 0.286 e. The molecule has 0 saturated heterocycles. The lowest BCUT2D eigenvalue weighted by Gasteiger charge is -2.10. The molecular formula is C17H15N3O5S2. The summed E-state index contributed by atoms with van der Waals surface area (Å²) in [6.45, 7) is 0. The van der Waals surface area contributed by atoms with E-state index >= 15 is 0 Å². The number of methoxy groups -OCH3 is 2. The van der Waals surface area contributed by atoms with Crippen molar-refractivity contribution in [2.45, 2.75) is 4.90 Å². The number of thiazole rings is 1. The molecule has 0 bridgehead atoms. The minimum absolute atomic E-state index is 0.137. The first-order chi connectivity index (χ1) is 13.0. The van der Waals surface area contributed by atoms with Gasteiger partial charge in [0.05, 0.1) is 35.4 Å². The summed E-state index contributed by atoms with van der Waals surface area (Å²) in [6, 6.07) is 8.23. The van der Waals surface area contributed by atoms with Gasteiger partial charge in [-0.1, -0.05) is 11.3 Å². The number of benzene rings is 2. The summed E-state index contributed by atoms with van der Waals surface area (Å²) in [7, 11) is 2.76. The number of rotatable bonds is 6. The number of thioether (sulfide) groups is 1. The van der Waals surface area contributed by atoms with E-state index in [1.54, 1.807) is 11.8 Å². The summed E-state index contributed by atoms with van der Waals surface area (Å²) < 4.78 is 11.1. The van der Waals surface area contributed by atoms with Crippen molar-refractivity contribution in [3.63, 3.8) is 0 Å². The standard InChI is InChI=1S/C17H15N3O5S2/c1-24-13-7-10(12(20(22)23)8-14(13)25-2)16(21)19-17-18-11-5-4-9(26-3)6-15(11)27-17/h4-8H,1-3H3,(H,18,19,21). The van der Waals surface area contributed by atoms with Crippen LogP contribution >= 0.6 is 23.1 Å². The Morgan fingerprint density at radius 1 is 1.22 bits per heavy atom. The van der Waals surface area contributed by atoms with Crippen LogP contribution in [-0.2, 0) is 0 Å². The first-order valence-electron chi connectivity index (χ1n) is 7.63. The van der Waals surface area contributed by atoms with Crippen LogP contribution in [0.15, 0.2) is 35.2 Å². The van der Waals surface area contributed by atoms with Crippen molar-refractivity contribution in [1.29, 1.82) is 0 Å². The van der Waals surface area contributed by atoms with E-state index in [0.717, 1.165) is 21.2 Å². The van der Waals surface area contributed by atoms with Gasteiger partial charge < -0.3 is 9.47 Å². The van der Waals surface area contributed by atoms with Crippen LogP contribution < -0.4 is 14.8 Å². The molecule has 0 unspecified atom stereocenters. The molecule has 0 fully saturated rings. The lowest BCUT2D eigenvalue weighted by atomic mass is 10.1. The number of amides is 1. The number of nitrogens with one attached hydrogen (secondary N) is 1. The number of nitro benzene ring substituents is 1. The second-order valence-corrected chi connectivity index (χ2v) is 7.20. The van der Waals surface area contributed by atoms with Gasteiger partial charge in [0.15, 0.2) is 16.6 Å². The Balaban J connectivity index is 1.97. The fraction of sp³-hybridized carbons (Fsp3) is 0.176. The molecule has 0 saturated carbocycles. The van der Waals surface area contributed by atoms with E-state index < -0.39 is 10.8 Å². The predicted molar refractivity (Wildman–Crippen MR) is 106 cm³/mol. The maximum atomic E-state index is 12.7. The van der Waals surface area contributed by atoms with Gasteiger partial charge in [-0.05, 0) is 24.5 Å². The van der Waals surface area contributed by atoms with Crippen molar-refractivity contribution >= 4 is 50.0 Å². The van der Waals surface area contributed by atoms with Gasteiger partial charge in [0.1, 0.15) is 5.56 Å². The van der Waals surface area contributed by atoms with E-state index in [-0.39, 0.29) is 22.7 Å². The molecule has 0 aliphatic rings. The van der Waals surface area contributed by atoms with Crippen LogP contribution in [0.5, 0.6) is 11.5 Å². The lowest BCUT2D eigenvalue weighted by Crippen LogP contribution is -2.14. The van der Waals surface area contributed by atoms with Crippen molar-refractivity contribution < 1.29 is 19.2 Å². The molecule has 1 N–H and O–H groups in total. The molecule has 0 spiro atoms. The number of hydrogen-bond donors (Lipinski definition) is 1. The van der Waals surface area contributed by atoms with Crippen molar-refractivity contribution in [2.24, 2.45) is 0 Å². The fourth-order valence-corrected chi connectivity index (χ4v) is 3.87. The highest BCUT2D eigenvalue weighted by atomic mass is 32.2. The van der Waals surface area contributed by atoms with Gasteiger partial charge in [-0.2, -0.15) is 0 Å². The van der Waals surface area contributed by atoms with Crippen molar-refractivity contribution in [3.8, 4) is 11.5 Å². The molecule has 10 heteroatoms. The van der Waals surface area contributed by atoms with Crippen LogP contribution in [0.2, 0.25) is 0 Å². The predicted octanol–water partition coefficient (Wildman–Crippen LogP) is 4.20. The monoisotopic (exact) mass is 405 g/mol. The third-order valence-corrected chi connectivity index (χ3v) is 5.42. The molecule has 0 aliphatic carbocycles. The highest BCUT2D eigenvalue weighted by molar-refractivity contribution is 7.98. The average molecular weight is 405 g/mol.